The second kappa shape index (κ2) is 10.0. The van der Waals surface area contributed by atoms with Gasteiger partial charge in [-0.25, -0.2) is 9.67 Å². The van der Waals surface area contributed by atoms with Crippen LogP contribution in [0.3, 0.4) is 0 Å². The van der Waals surface area contributed by atoms with Crippen molar-refractivity contribution in [1.82, 2.24) is 40.4 Å². The highest BCUT2D eigenvalue weighted by atomic mass is 16.1. The Morgan fingerprint density at radius 1 is 1.06 bits per heavy atom. The van der Waals surface area contributed by atoms with Crippen LogP contribution < -0.4 is 0 Å². The third kappa shape index (κ3) is 4.77. The first kappa shape index (κ1) is 21.5. The molecule has 0 unspecified atom stereocenters. The van der Waals surface area contributed by atoms with Crippen molar-refractivity contribution in [2.75, 3.05) is 0 Å². The van der Waals surface area contributed by atoms with Gasteiger partial charge in [0.05, 0.1) is 5.69 Å². The van der Waals surface area contributed by atoms with Gasteiger partial charge in [-0.15, -0.1) is 15.3 Å². The molecule has 3 aromatic heterocycles. The van der Waals surface area contributed by atoms with Crippen molar-refractivity contribution in [3.8, 4) is 22.6 Å². The number of Topliss-reactive ketones (excluding diaryl/α,β-unsaturated/α-hetero) is 1. The average Bonchev–Trinajstić information content (AvgIpc) is 3.50. The number of aryl methyl sites for hydroxylation is 1. The Labute approximate surface area is 186 Å². The van der Waals surface area contributed by atoms with Gasteiger partial charge in [-0.3, -0.25) is 9.78 Å². The average molecular weight is 431 g/mol. The van der Waals surface area contributed by atoms with Crippen molar-refractivity contribution in [3.63, 3.8) is 0 Å². The monoisotopic (exact) mass is 430 g/mol. The minimum Gasteiger partial charge on any atom is -0.291 e. The quantitative estimate of drug-likeness (QED) is 0.300. The highest BCUT2D eigenvalue weighted by Gasteiger charge is 2.16. The summed E-state index contributed by atoms with van der Waals surface area (Å²) in [6.45, 7) is 4.75. The minimum absolute atomic E-state index is 0.0352. The normalized spacial score (nSPS) is 11.1. The highest BCUT2D eigenvalue weighted by molar-refractivity contribution is 5.92. The van der Waals surface area contributed by atoms with Gasteiger partial charge in [0, 0.05) is 36.7 Å². The number of nitrogens with zero attached hydrogens (tertiary/aromatic N) is 7. The predicted molar refractivity (Wildman–Crippen MR) is 120 cm³/mol. The lowest BCUT2D eigenvalue weighted by Gasteiger charge is -2.08. The van der Waals surface area contributed by atoms with E-state index in [4.69, 9.17) is 0 Å². The first-order chi connectivity index (χ1) is 15.7. The van der Waals surface area contributed by atoms with Crippen LogP contribution in [0.25, 0.3) is 22.6 Å². The molecule has 0 aliphatic carbocycles. The summed E-state index contributed by atoms with van der Waals surface area (Å²) in [5.74, 6) is 1.59. The molecule has 164 valence electrons. The molecule has 0 saturated heterocycles. The van der Waals surface area contributed by atoms with Crippen LogP contribution in [0.15, 0.2) is 42.6 Å². The van der Waals surface area contributed by atoms with Crippen LogP contribution in [-0.4, -0.2) is 46.2 Å². The van der Waals surface area contributed by atoms with E-state index in [9.17, 15) is 4.79 Å². The first-order valence-corrected chi connectivity index (χ1v) is 10.9. The summed E-state index contributed by atoms with van der Waals surface area (Å²) in [5, 5.41) is 18.8. The summed E-state index contributed by atoms with van der Waals surface area (Å²) < 4.78 is 1.87. The second-order valence-corrected chi connectivity index (χ2v) is 7.57. The van der Waals surface area contributed by atoms with Crippen LogP contribution in [0.4, 0.5) is 0 Å². The van der Waals surface area contributed by atoms with Crippen molar-refractivity contribution in [2.24, 2.45) is 0 Å². The zero-order chi connectivity index (χ0) is 22.3. The molecule has 0 atom stereocenters. The molecule has 32 heavy (non-hydrogen) atoms. The van der Waals surface area contributed by atoms with Crippen LogP contribution in [0.1, 0.15) is 61.5 Å². The van der Waals surface area contributed by atoms with E-state index in [0.717, 1.165) is 54.0 Å². The fourth-order valence-corrected chi connectivity index (χ4v) is 3.52. The van der Waals surface area contributed by atoms with Crippen molar-refractivity contribution in [1.29, 1.82) is 0 Å². The molecule has 0 amide bonds. The van der Waals surface area contributed by atoms with Gasteiger partial charge >= 0.3 is 0 Å². The number of unbranched alkanes of at least 4 members (excludes halogenated alkanes) is 2. The molecule has 1 N–H and O–H groups in total. The third-order valence-electron chi connectivity index (χ3n) is 5.27. The molecule has 0 aliphatic heterocycles. The maximum absolute atomic E-state index is 12.1. The number of benzene rings is 1. The van der Waals surface area contributed by atoms with E-state index in [1.807, 2.05) is 54.2 Å². The predicted octanol–water partition coefficient (Wildman–Crippen LogP) is 3.89. The molecule has 0 fully saturated rings. The molecule has 4 aromatic rings. The number of ketones is 1. The molecule has 0 radical (unpaired) electrons. The Morgan fingerprint density at radius 2 is 1.91 bits per heavy atom. The summed E-state index contributed by atoms with van der Waals surface area (Å²) in [4.78, 5) is 21.3. The van der Waals surface area contributed by atoms with Crippen LogP contribution in [0.2, 0.25) is 0 Å². The molecule has 0 spiro atoms. The van der Waals surface area contributed by atoms with E-state index in [0.29, 0.717) is 24.5 Å². The number of hydrogen-bond donors (Lipinski definition) is 1. The molecule has 1 aromatic carbocycles. The molecule has 0 saturated carbocycles. The molecule has 0 aliphatic rings. The number of H-pyrrole nitrogens is 1. The zero-order valence-corrected chi connectivity index (χ0v) is 18.3. The fourth-order valence-electron chi connectivity index (χ4n) is 3.52. The fraction of sp³-hybridized carbons (Fsp3) is 0.348. The van der Waals surface area contributed by atoms with Gasteiger partial charge < -0.3 is 0 Å². The molecule has 0 bridgehead atoms. The van der Waals surface area contributed by atoms with E-state index < -0.39 is 0 Å². The number of aromatic amines is 1. The summed E-state index contributed by atoms with van der Waals surface area (Å²) >= 11 is 0. The molecule has 4 rings (SSSR count). The Kier molecular flexibility index (Phi) is 6.74. The summed E-state index contributed by atoms with van der Waals surface area (Å²) in [7, 11) is 0. The van der Waals surface area contributed by atoms with E-state index in [2.05, 4.69) is 42.6 Å². The Bertz CT molecular complexity index is 1170. The van der Waals surface area contributed by atoms with Crippen LogP contribution >= 0.6 is 0 Å². The number of carbonyl (C=O) groups is 1. The van der Waals surface area contributed by atoms with E-state index >= 15 is 0 Å². The van der Waals surface area contributed by atoms with Gasteiger partial charge in [-0.05, 0) is 23.3 Å². The van der Waals surface area contributed by atoms with Crippen LogP contribution in [-0.2, 0) is 13.0 Å². The lowest BCUT2D eigenvalue weighted by atomic mass is 10.0. The van der Waals surface area contributed by atoms with E-state index in [1.54, 1.807) is 0 Å². The van der Waals surface area contributed by atoms with Gasteiger partial charge in [-0.2, -0.15) is 5.21 Å². The number of carbonyl (C=O) groups excluding carboxylic acids is 1. The molecule has 9 nitrogen and oxygen atoms in total. The van der Waals surface area contributed by atoms with Gasteiger partial charge in [-0.1, -0.05) is 57.0 Å². The topological polar surface area (TPSA) is 115 Å². The molecular formula is C23H26N8O. The van der Waals surface area contributed by atoms with Crippen LogP contribution in [0, 0.1) is 0 Å². The van der Waals surface area contributed by atoms with Gasteiger partial charge in [0.15, 0.2) is 0 Å². The third-order valence-corrected chi connectivity index (χ3v) is 5.27. The van der Waals surface area contributed by atoms with Crippen molar-refractivity contribution >= 4 is 5.78 Å². The van der Waals surface area contributed by atoms with E-state index in [-0.39, 0.29) is 5.78 Å². The summed E-state index contributed by atoms with van der Waals surface area (Å²) in [6, 6.07) is 11.8. The molecular weight excluding hydrogens is 404 g/mol. The number of pyridine rings is 1. The Hall–Kier alpha value is -3.75. The Balaban J connectivity index is 1.57. The number of tetrazole rings is 1. The number of aromatic nitrogens is 8. The lowest BCUT2D eigenvalue weighted by molar-refractivity contribution is 0.0978. The smallest absolute Gasteiger partial charge is 0.217 e. The zero-order valence-electron chi connectivity index (χ0n) is 18.3. The standard InChI is InChI=1S/C23H26N8O/c1-3-5-8-13-31-21(25-23(28-31)20(32)4-2)14-16-11-12-19(24-15-16)17-9-6-7-10-18(17)22-26-29-30-27-22/h6-7,9-12,15H,3-5,8,13-14H2,1-2H3,(H,26,27,29,30). The highest BCUT2D eigenvalue weighted by Crippen LogP contribution is 2.28. The maximum Gasteiger partial charge on any atom is 0.217 e. The Morgan fingerprint density at radius 3 is 2.59 bits per heavy atom. The number of rotatable bonds is 10. The minimum atomic E-state index is -0.0352. The van der Waals surface area contributed by atoms with E-state index in [1.165, 1.54) is 0 Å². The molecule has 9 heteroatoms. The maximum atomic E-state index is 12.1. The van der Waals surface area contributed by atoms with Crippen LogP contribution in [0.5, 0.6) is 0 Å². The van der Waals surface area contributed by atoms with Crippen molar-refractivity contribution in [2.45, 2.75) is 52.5 Å². The summed E-state index contributed by atoms with van der Waals surface area (Å²) in [6.07, 6.45) is 6.06. The van der Waals surface area contributed by atoms with Crippen molar-refractivity contribution in [3.05, 3.63) is 59.8 Å². The second-order valence-electron chi connectivity index (χ2n) is 7.57. The van der Waals surface area contributed by atoms with Gasteiger partial charge in [0.2, 0.25) is 17.4 Å². The van der Waals surface area contributed by atoms with Gasteiger partial charge in [0.1, 0.15) is 5.82 Å². The molecule has 3 heterocycles. The number of nitrogens with one attached hydrogen (secondary N) is 1. The first-order valence-electron chi connectivity index (χ1n) is 10.9. The number of hydrogen-bond acceptors (Lipinski definition) is 7. The SMILES string of the molecule is CCCCCn1nc(C(=O)CC)nc1Cc1ccc(-c2ccccc2-c2nn[nH]n2)nc1. The van der Waals surface area contributed by atoms with Crippen molar-refractivity contribution < 1.29 is 4.79 Å². The largest absolute Gasteiger partial charge is 0.291 e. The van der Waals surface area contributed by atoms with Gasteiger partial charge in [0.25, 0.3) is 0 Å². The lowest BCUT2D eigenvalue weighted by Crippen LogP contribution is -2.07. The summed E-state index contributed by atoms with van der Waals surface area (Å²) in [5.41, 5.74) is 3.62.